The van der Waals surface area contributed by atoms with Crippen molar-refractivity contribution in [2.75, 3.05) is 27.7 Å². The predicted octanol–water partition coefficient (Wildman–Crippen LogP) is -0.278. The van der Waals surface area contributed by atoms with Crippen LogP contribution in [0.5, 0.6) is 0 Å². The Morgan fingerprint density at radius 3 is 2.56 bits per heavy atom. The van der Waals surface area contributed by atoms with Crippen LogP contribution in [0.2, 0.25) is 0 Å². The molecule has 7 nitrogen and oxygen atoms in total. The minimum absolute atomic E-state index is 0.0969. The Hall–Kier alpha value is -1.51. The molecule has 1 heterocycles. The maximum Gasteiger partial charge on any atom is 0.261 e. The fourth-order valence-corrected chi connectivity index (χ4v) is 2.18. The Bertz CT molecular complexity index is 503. The number of pyridine rings is 1. The normalized spacial score (nSPS) is 11.6. The van der Waals surface area contributed by atoms with Gasteiger partial charge >= 0.3 is 0 Å². The first-order chi connectivity index (χ1) is 8.39. The van der Waals surface area contributed by atoms with E-state index in [9.17, 15) is 13.2 Å². The monoisotopic (exact) mass is 273 g/mol. The summed E-state index contributed by atoms with van der Waals surface area (Å²) in [5.74, 6) is -0.473. The number of aromatic nitrogens is 1. The highest BCUT2D eigenvalue weighted by atomic mass is 32.2. The number of carbonyl (C=O) groups is 1. The zero-order valence-electron chi connectivity index (χ0n) is 10.4. The largest absolute Gasteiger partial charge is 0.275 e. The van der Waals surface area contributed by atoms with Crippen LogP contribution in [-0.4, -0.2) is 56.4 Å². The molecule has 0 saturated heterocycles. The van der Waals surface area contributed by atoms with E-state index >= 15 is 0 Å². The number of nitrogens with zero attached hydrogens (tertiary/aromatic N) is 3. The minimum atomic E-state index is -3.76. The fourth-order valence-electron chi connectivity index (χ4n) is 1.14. The third kappa shape index (κ3) is 3.25. The van der Waals surface area contributed by atoms with Crippen LogP contribution in [0.25, 0.3) is 0 Å². The third-order valence-electron chi connectivity index (χ3n) is 2.30. The molecule has 8 heteroatoms. The van der Waals surface area contributed by atoms with Crippen LogP contribution in [0.4, 0.5) is 0 Å². The van der Waals surface area contributed by atoms with Gasteiger partial charge in [-0.3, -0.25) is 9.63 Å². The molecular formula is C10H15N3O4S. The van der Waals surface area contributed by atoms with Gasteiger partial charge in [0.15, 0.2) is 5.03 Å². The van der Waals surface area contributed by atoms with Gasteiger partial charge in [0.2, 0.25) is 0 Å². The first-order valence-corrected chi connectivity index (χ1v) is 6.51. The summed E-state index contributed by atoms with van der Waals surface area (Å²) in [6.07, 6.45) is 1.38. The van der Waals surface area contributed by atoms with Crippen LogP contribution >= 0.6 is 0 Å². The number of sulfonamides is 1. The predicted molar refractivity (Wildman–Crippen MR) is 63.8 cm³/mol. The van der Waals surface area contributed by atoms with Crippen LogP contribution in [0.1, 0.15) is 0 Å². The molecule has 0 N–H and O–H groups in total. The van der Waals surface area contributed by atoms with Crippen molar-refractivity contribution in [1.29, 1.82) is 0 Å². The highest BCUT2D eigenvalue weighted by Crippen LogP contribution is 2.10. The summed E-state index contributed by atoms with van der Waals surface area (Å²) < 4.78 is 25.0. The topological polar surface area (TPSA) is 79.8 Å². The van der Waals surface area contributed by atoms with Crippen molar-refractivity contribution >= 4 is 15.9 Å². The molecule has 0 aliphatic heterocycles. The average Bonchev–Trinajstić information content (AvgIpc) is 2.38. The van der Waals surface area contributed by atoms with Gasteiger partial charge in [-0.2, -0.15) is 4.31 Å². The highest BCUT2D eigenvalue weighted by Gasteiger charge is 2.25. The SMILES string of the molecule is CON(C)C(=O)CN(C)S(=O)(=O)c1ccccn1. The molecule has 0 radical (unpaired) electrons. The number of hydrogen-bond acceptors (Lipinski definition) is 5. The van der Waals surface area contributed by atoms with Gasteiger partial charge in [0.25, 0.3) is 15.9 Å². The molecule has 0 atom stereocenters. The lowest BCUT2D eigenvalue weighted by Gasteiger charge is -2.19. The summed E-state index contributed by atoms with van der Waals surface area (Å²) in [6.45, 7) is -0.316. The van der Waals surface area contributed by atoms with Crippen LogP contribution in [0.15, 0.2) is 29.4 Å². The summed E-state index contributed by atoms with van der Waals surface area (Å²) in [5.41, 5.74) is 0. The number of hydrogen-bond donors (Lipinski definition) is 0. The molecule has 0 aromatic carbocycles. The van der Waals surface area contributed by atoms with Crippen molar-refractivity contribution in [2.24, 2.45) is 0 Å². The number of amides is 1. The van der Waals surface area contributed by atoms with Gasteiger partial charge in [-0.15, -0.1) is 0 Å². The Balaban J connectivity index is 2.84. The summed E-state index contributed by atoms with van der Waals surface area (Å²) in [6, 6.07) is 4.55. The van der Waals surface area contributed by atoms with Gasteiger partial charge < -0.3 is 0 Å². The quantitative estimate of drug-likeness (QED) is 0.689. The first kappa shape index (κ1) is 14.6. The number of hydroxylamine groups is 2. The van der Waals surface area contributed by atoms with E-state index < -0.39 is 15.9 Å². The van der Waals surface area contributed by atoms with E-state index in [2.05, 4.69) is 9.82 Å². The molecule has 1 amide bonds. The third-order valence-corrected chi connectivity index (χ3v) is 4.02. The molecule has 1 rings (SSSR count). The van der Waals surface area contributed by atoms with Gasteiger partial charge in [-0.1, -0.05) is 6.07 Å². The molecule has 1 aromatic heterocycles. The molecular weight excluding hydrogens is 258 g/mol. The van der Waals surface area contributed by atoms with Crippen molar-refractivity contribution in [3.63, 3.8) is 0 Å². The van der Waals surface area contributed by atoms with E-state index in [0.717, 1.165) is 9.37 Å². The van der Waals surface area contributed by atoms with E-state index in [4.69, 9.17) is 0 Å². The Morgan fingerprint density at radius 2 is 2.06 bits per heavy atom. The van der Waals surface area contributed by atoms with Crippen molar-refractivity contribution in [1.82, 2.24) is 14.4 Å². The van der Waals surface area contributed by atoms with Crippen LogP contribution in [0, 0.1) is 0 Å². The zero-order chi connectivity index (χ0) is 13.8. The van der Waals surface area contributed by atoms with E-state index in [0.29, 0.717) is 0 Å². The van der Waals surface area contributed by atoms with Crippen molar-refractivity contribution in [3.8, 4) is 0 Å². The van der Waals surface area contributed by atoms with E-state index in [1.54, 1.807) is 12.1 Å². The lowest BCUT2D eigenvalue weighted by molar-refractivity contribution is -0.168. The second-order valence-electron chi connectivity index (χ2n) is 3.50. The number of carbonyl (C=O) groups excluding carboxylic acids is 1. The van der Waals surface area contributed by atoms with Gasteiger partial charge in [-0.25, -0.2) is 18.5 Å². The number of likely N-dealkylation sites (N-methyl/N-ethyl adjacent to an activating group) is 2. The molecule has 1 aromatic rings. The molecule has 100 valence electrons. The molecule has 0 aliphatic carbocycles. The first-order valence-electron chi connectivity index (χ1n) is 5.07. The summed E-state index contributed by atoms with van der Waals surface area (Å²) in [4.78, 5) is 20.0. The molecule has 0 saturated carbocycles. The summed E-state index contributed by atoms with van der Waals surface area (Å²) >= 11 is 0. The molecule has 0 bridgehead atoms. The smallest absolute Gasteiger partial charge is 0.261 e. The number of rotatable bonds is 5. The molecule has 0 aliphatic rings. The minimum Gasteiger partial charge on any atom is -0.275 e. The standard InChI is InChI=1S/C10H15N3O4S/c1-12(8-10(14)13(2)17-3)18(15,16)9-6-4-5-7-11-9/h4-7H,8H2,1-3H3. The van der Waals surface area contributed by atoms with E-state index in [1.807, 2.05) is 0 Å². The van der Waals surface area contributed by atoms with E-state index in [-0.39, 0.29) is 11.6 Å². The van der Waals surface area contributed by atoms with Gasteiger partial charge in [0.1, 0.15) is 0 Å². The Morgan fingerprint density at radius 1 is 1.39 bits per heavy atom. The van der Waals surface area contributed by atoms with Crippen LogP contribution in [0.3, 0.4) is 0 Å². The van der Waals surface area contributed by atoms with Gasteiger partial charge in [0, 0.05) is 20.3 Å². The average molecular weight is 273 g/mol. The zero-order valence-corrected chi connectivity index (χ0v) is 11.2. The van der Waals surface area contributed by atoms with E-state index in [1.165, 1.54) is 33.5 Å². The second-order valence-corrected chi connectivity index (χ2v) is 5.49. The lowest BCUT2D eigenvalue weighted by atomic mass is 10.5. The van der Waals surface area contributed by atoms with Crippen molar-refractivity contribution < 1.29 is 18.0 Å². The Kier molecular flexibility index (Phi) is 4.76. The molecule has 0 spiro atoms. The molecule has 0 unspecified atom stereocenters. The molecule has 18 heavy (non-hydrogen) atoms. The maximum absolute atomic E-state index is 12.0. The summed E-state index contributed by atoms with van der Waals surface area (Å²) in [5, 5.41) is 0.866. The van der Waals surface area contributed by atoms with Crippen molar-refractivity contribution in [3.05, 3.63) is 24.4 Å². The Labute approximate surface area is 106 Å². The molecule has 0 fully saturated rings. The van der Waals surface area contributed by atoms with Crippen LogP contribution < -0.4 is 0 Å². The highest BCUT2D eigenvalue weighted by molar-refractivity contribution is 7.89. The van der Waals surface area contributed by atoms with Crippen LogP contribution in [-0.2, 0) is 19.7 Å². The van der Waals surface area contributed by atoms with Gasteiger partial charge in [0.05, 0.1) is 13.7 Å². The lowest BCUT2D eigenvalue weighted by Crippen LogP contribution is -2.39. The maximum atomic E-state index is 12.0. The van der Waals surface area contributed by atoms with Gasteiger partial charge in [-0.05, 0) is 12.1 Å². The van der Waals surface area contributed by atoms with Crippen molar-refractivity contribution in [2.45, 2.75) is 5.03 Å². The summed E-state index contributed by atoms with van der Waals surface area (Å²) in [7, 11) is 0.285. The second kappa shape index (κ2) is 5.89. The fraction of sp³-hybridized carbons (Fsp3) is 0.400.